The first-order valence-corrected chi connectivity index (χ1v) is 7.76. The van der Waals surface area contributed by atoms with Crippen LogP contribution in [0.2, 0.25) is 0 Å². The molecule has 2 rings (SSSR count). The fraction of sp³-hybridized carbons (Fsp3) is 0.375. The van der Waals surface area contributed by atoms with Crippen LogP contribution >= 0.6 is 11.3 Å². The Hall–Kier alpha value is -1.16. The van der Waals surface area contributed by atoms with E-state index in [1.54, 1.807) is 0 Å². The Morgan fingerprint density at radius 2 is 1.89 bits per heavy atom. The van der Waals surface area contributed by atoms with Gasteiger partial charge in [-0.15, -0.1) is 11.3 Å². The molecule has 102 valence electrons. The summed E-state index contributed by atoms with van der Waals surface area (Å²) in [4.78, 5) is 1.47. The molecule has 0 radical (unpaired) electrons. The molecule has 19 heavy (non-hydrogen) atoms. The Labute approximate surface area is 119 Å². The predicted molar refractivity (Wildman–Crippen MR) is 83.4 cm³/mol. The maximum Gasteiger partial charge on any atom is 0.0302 e. The first kappa shape index (κ1) is 14.3. The lowest BCUT2D eigenvalue weighted by Gasteiger charge is -2.08. The van der Waals surface area contributed by atoms with Crippen LogP contribution in [-0.2, 0) is 25.9 Å². The van der Waals surface area contributed by atoms with E-state index in [0.29, 0.717) is 6.54 Å². The molecule has 0 aliphatic carbocycles. The van der Waals surface area contributed by atoms with E-state index >= 15 is 0 Å². The summed E-state index contributed by atoms with van der Waals surface area (Å²) in [6.45, 7) is 4.81. The molecule has 0 aliphatic rings. The molecule has 2 nitrogen and oxygen atoms in total. The third-order valence-electron chi connectivity index (χ3n) is 3.41. The molecule has 0 bridgehead atoms. The Morgan fingerprint density at radius 1 is 1.11 bits per heavy atom. The van der Waals surface area contributed by atoms with Gasteiger partial charge in [-0.05, 0) is 47.5 Å². The SMILES string of the molecule is CCc1ccsc1CNCCc1ccccc1CN. The fourth-order valence-electron chi connectivity index (χ4n) is 2.26. The number of hydrogen-bond acceptors (Lipinski definition) is 3. The monoisotopic (exact) mass is 274 g/mol. The van der Waals surface area contributed by atoms with Gasteiger partial charge in [0.1, 0.15) is 0 Å². The van der Waals surface area contributed by atoms with Crippen LogP contribution in [0.1, 0.15) is 28.5 Å². The van der Waals surface area contributed by atoms with E-state index in [1.807, 2.05) is 11.3 Å². The number of nitrogens with one attached hydrogen (secondary N) is 1. The van der Waals surface area contributed by atoms with Crippen molar-refractivity contribution in [2.24, 2.45) is 5.73 Å². The minimum absolute atomic E-state index is 0.626. The molecule has 0 atom stereocenters. The molecular weight excluding hydrogens is 252 g/mol. The van der Waals surface area contributed by atoms with Crippen LogP contribution in [0.25, 0.3) is 0 Å². The van der Waals surface area contributed by atoms with E-state index < -0.39 is 0 Å². The number of hydrogen-bond donors (Lipinski definition) is 2. The number of rotatable bonds is 7. The molecule has 3 N–H and O–H groups in total. The average molecular weight is 274 g/mol. The van der Waals surface area contributed by atoms with Gasteiger partial charge in [0.05, 0.1) is 0 Å². The van der Waals surface area contributed by atoms with Crippen molar-refractivity contribution >= 4 is 11.3 Å². The summed E-state index contributed by atoms with van der Waals surface area (Å²) in [5.41, 5.74) is 9.84. The van der Waals surface area contributed by atoms with Crippen molar-refractivity contribution in [3.8, 4) is 0 Å². The van der Waals surface area contributed by atoms with Gasteiger partial charge in [-0.2, -0.15) is 0 Å². The lowest BCUT2D eigenvalue weighted by Crippen LogP contribution is -2.17. The van der Waals surface area contributed by atoms with E-state index in [4.69, 9.17) is 5.73 Å². The van der Waals surface area contributed by atoms with Gasteiger partial charge in [0, 0.05) is 18.0 Å². The third-order valence-corrected chi connectivity index (χ3v) is 4.38. The summed E-state index contributed by atoms with van der Waals surface area (Å²) >= 11 is 1.85. The van der Waals surface area contributed by atoms with Crippen molar-refractivity contribution in [3.63, 3.8) is 0 Å². The van der Waals surface area contributed by atoms with Gasteiger partial charge in [-0.25, -0.2) is 0 Å². The van der Waals surface area contributed by atoms with Crippen LogP contribution in [0.4, 0.5) is 0 Å². The van der Waals surface area contributed by atoms with Gasteiger partial charge in [-0.3, -0.25) is 0 Å². The van der Waals surface area contributed by atoms with Crippen molar-refractivity contribution < 1.29 is 0 Å². The Balaban J connectivity index is 1.81. The molecule has 1 heterocycles. The van der Waals surface area contributed by atoms with Crippen molar-refractivity contribution in [1.29, 1.82) is 0 Å². The summed E-state index contributed by atoms with van der Waals surface area (Å²) in [7, 11) is 0. The van der Waals surface area contributed by atoms with Crippen molar-refractivity contribution in [2.45, 2.75) is 32.9 Å². The second-order valence-corrected chi connectivity index (χ2v) is 5.62. The largest absolute Gasteiger partial charge is 0.326 e. The van der Waals surface area contributed by atoms with Crippen LogP contribution in [-0.4, -0.2) is 6.54 Å². The number of thiophene rings is 1. The average Bonchev–Trinajstić information content (AvgIpc) is 2.91. The minimum Gasteiger partial charge on any atom is -0.326 e. The Bertz CT molecular complexity index is 505. The smallest absolute Gasteiger partial charge is 0.0302 e. The first-order valence-electron chi connectivity index (χ1n) is 6.88. The second-order valence-electron chi connectivity index (χ2n) is 4.62. The molecule has 2 aromatic rings. The zero-order valence-electron chi connectivity index (χ0n) is 11.5. The minimum atomic E-state index is 0.626. The molecule has 0 saturated carbocycles. The lowest BCUT2D eigenvalue weighted by molar-refractivity contribution is 0.687. The van der Waals surface area contributed by atoms with Crippen LogP contribution in [0.3, 0.4) is 0 Å². The molecule has 1 aromatic carbocycles. The van der Waals surface area contributed by atoms with E-state index in [0.717, 1.165) is 25.9 Å². The molecular formula is C16H22N2S. The van der Waals surface area contributed by atoms with E-state index in [9.17, 15) is 0 Å². The summed E-state index contributed by atoms with van der Waals surface area (Å²) in [6.07, 6.45) is 2.16. The van der Waals surface area contributed by atoms with Crippen molar-refractivity contribution in [1.82, 2.24) is 5.32 Å². The summed E-state index contributed by atoms with van der Waals surface area (Å²) in [5, 5.41) is 5.71. The molecule has 0 amide bonds. The van der Waals surface area contributed by atoms with Crippen LogP contribution < -0.4 is 11.1 Å². The normalized spacial score (nSPS) is 10.8. The van der Waals surface area contributed by atoms with Crippen LogP contribution in [0.15, 0.2) is 35.7 Å². The number of benzene rings is 1. The van der Waals surface area contributed by atoms with Gasteiger partial charge in [-0.1, -0.05) is 31.2 Å². The highest BCUT2D eigenvalue weighted by Gasteiger charge is 2.02. The summed E-state index contributed by atoms with van der Waals surface area (Å²) in [5.74, 6) is 0. The molecule has 3 heteroatoms. The van der Waals surface area contributed by atoms with Gasteiger partial charge >= 0.3 is 0 Å². The van der Waals surface area contributed by atoms with Crippen LogP contribution in [0.5, 0.6) is 0 Å². The Morgan fingerprint density at radius 3 is 2.63 bits per heavy atom. The molecule has 0 fully saturated rings. The molecule has 0 spiro atoms. The molecule has 0 aliphatic heterocycles. The standard InChI is InChI=1S/C16H22N2S/c1-2-13-8-10-19-16(13)12-18-9-7-14-5-3-4-6-15(14)11-17/h3-6,8,10,18H,2,7,9,11-12,17H2,1H3. The topological polar surface area (TPSA) is 38.0 Å². The molecule has 0 saturated heterocycles. The van der Waals surface area contributed by atoms with Gasteiger partial charge in [0.25, 0.3) is 0 Å². The highest BCUT2D eigenvalue weighted by atomic mass is 32.1. The predicted octanol–water partition coefficient (Wildman–Crippen LogP) is 3.10. The zero-order valence-corrected chi connectivity index (χ0v) is 12.3. The first-order chi connectivity index (χ1) is 9.35. The number of aryl methyl sites for hydroxylation is 1. The number of nitrogens with two attached hydrogens (primary N) is 1. The summed E-state index contributed by atoms with van der Waals surface area (Å²) in [6, 6.07) is 10.7. The highest BCUT2D eigenvalue weighted by Crippen LogP contribution is 2.17. The highest BCUT2D eigenvalue weighted by molar-refractivity contribution is 7.10. The van der Waals surface area contributed by atoms with Crippen molar-refractivity contribution in [3.05, 3.63) is 57.3 Å². The second kappa shape index (κ2) is 7.43. The fourth-order valence-corrected chi connectivity index (χ4v) is 3.21. The summed E-state index contributed by atoms with van der Waals surface area (Å²) < 4.78 is 0. The van der Waals surface area contributed by atoms with Crippen LogP contribution in [0, 0.1) is 0 Å². The quantitative estimate of drug-likeness (QED) is 0.761. The van der Waals surface area contributed by atoms with E-state index in [1.165, 1.54) is 21.6 Å². The third kappa shape index (κ3) is 3.90. The molecule has 1 aromatic heterocycles. The van der Waals surface area contributed by atoms with E-state index in [2.05, 4.69) is 48.0 Å². The zero-order chi connectivity index (χ0) is 13.5. The molecule has 0 unspecified atom stereocenters. The van der Waals surface area contributed by atoms with Crippen molar-refractivity contribution in [2.75, 3.05) is 6.54 Å². The van der Waals surface area contributed by atoms with E-state index in [-0.39, 0.29) is 0 Å². The Kier molecular flexibility index (Phi) is 5.58. The van der Waals surface area contributed by atoms with Gasteiger partial charge < -0.3 is 11.1 Å². The van der Waals surface area contributed by atoms with Gasteiger partial charge in [0.2, 0.25) is 0 Å². The maximum atomic E-state index is 5.75. The lowest BCUT2D eigenvalue weighted by atomic mass is 10.0. The van der Waals surface area contributed by atoms with Gasteiger partial charge in [0.15, 0.2) is 0 Å². The maximum absolute atomic E-state index is 5.75.